The molecule has 0 rings (SSSR count). The highest BCUT2D eigenvalue weighted by Gasteiger charge is 2.11. The van der Waals surface area contributed by atoms with Crippen LogP contribution in [0.4, 0.5) is 0 Å². The maximum atomic E-state index is 10.2. The van der Waals surface area contributed by atoms with Gasteiger partial charge in [0.15, 0.2) is 8.03 Å². The second-order valence-corrected chi connectivity index (χ2v) is 2.91. The van der Waals surface area contributed by atoms with Gasteiger partial charge in [0.2, 0.25) is 5.78 Å². The molecule has 0 aromatic heterocycles. The van der Waals surface area contributed by atoms with E-state index >= 15 is 0 Å². The third kappa shape index (κ3) is 7.22. The average Bonchev–Trinajstić information content (AvgIpc) is 1.82. The molecule has 0 aromatic rings. The minimum absolute atomic E-state index is 0. The van der Waals surface area contributed by atoms with E-state index in [4.69, 9.17) is 10.00 Å². The normalized spacial score (nSPS) is 11.4. The first-order valence-corrected chi connectivity index (χ1v) is 4.08. The van der Waals surface area contributed by atoms with Crippen molar-refractivity contribution in [1.29, 1.82) is 0 Å². The summed E-state index contributed by atoms with van der Waals surface area (Å²) in [5.74, 6) is -2.57. The quantitative estimate of drug-likeness (QED) is 0.476. The van der Waals surface area contributed by atoms with Gasteiger partial charge in [0.05, 0.1) is 0 Å². The molecule has 11 heavy (non-hydrogen) atoms. The summed E-state index contributed by atoms with van der Waals surface area (Å²) in [6, 6.07) is 0. The zero-order valence-electron chi connectivity index (χ0n) is 5.03. The van der Waals surface area contributed by atoms with Crippen LogP contribution in [0, 0.1) is 0 Å². The van der Waals surface area contributed by atoms with Crippen LogP contribution in [0.3, 0.4) is 0 Å². The summed E-state index contributed by atoms with van der Waals surface area (Å²) >= 11 is 0. The molecular weight excluding hydrogens is 171 g/mol. The van der Waals surface area contributed by atoms with Gasteiger partial charge in [-0.25, -0.2) is 4.79 Å². The van der Waals surface area contributed by atoms with Crippen molar-refractivity contribution >= 4 is 19.8 Å². The first-order valence-electron chi connectivity index (χ1n) is 2.52. The first-order chi connectivity index (χ1) is 4.54. The van der Waals surface area contributed by atoms with Gasteiger partial charge < -0.3 is 10.00 Å². The standard InChI is InChI=1S/C4H7O5P.CH4/c5-3(4(6)7)1-2-10(8)9;/h10H,1-2H2,(H,6,7)(H,8,9);1H4. The van der Waals surface area contributed by atoms with Gasteiger partial charge in [0.25, 0.3) is 0 Å². The summed E-state index contributed by atoms with van der Waals surface area (Å²) in [7, 11) is -2.70. The first kappa shape index (κ1) is 13.0. The molecule has 2 N–H and O–H groups in total. The molecule has 1 atom stereocenters. The van der Waals surface area contributed by atoms with E-state index in [2.05, 4.69) is 0 Å². The van der Waals surface area contributed by atoms with E-state index in [1.165, 1.54) is 0 Å². The van der Waals surface area contributed by atoms with Crippen LogP contribution in [0.1, 0.15) is 13.8 Å². The SMILES string of the molecule is C.O=C(O)C(=O)CC[PH](=O)O. The van der Waals surface area contributed by atoms with Crippen molar-refractivity contribution in [3.05, 3.63) is 0 Å². The molecule has 0 saturated heterocycles. The van der Waals surface area contributed by atoms with Crippen LogP contribution in [0.5, 0.6) is 0 Å². The highest BCUT2D eigenvalue weighted by Crippen LogP contribution is 2.13. The minimum atomic E-state index is -2.70. The number of hydrogen-bond acceptors (Lipinski definition) is 3. The number of aliphatic carboxylic acids is 1. The van der Waals surface area contributed by atoms with Crippen molar-refractivity contribution in [2.24, 2.45) is 0 Å². The molecule has 1 unspecified atom stereocenters. The maximum absolute atomic E-state index is 10.2. The third-order valence-electron chi connectivity index (χ3n) is 0.804. The zero-order chi connectivity index (χ0) is 8.15. The average molecular weight is 182 g/mol. The summed E-state index contributed by atoms with van der Waals surface area (Å²) in [4.78, 5) is 28.2. The van der Waals surface area contributed by atoms with Crippen molar-refractivity contribution < 1.29 is 24.2 Å². The van der Waals surface area contributed by atoms with Crippen LogP contribution in [-0.2, 0) is 14.2 Å². The van der Waals surface area contributed by atoms with E-state index in [1.54, 1.807) is 0 Å². The molecule has 0 aliphatic heterocycles. The Kier molecular flexibility index (Phi) is 7.15. The minimum Gasteiger partial charge on any atom is -0.476 e. The molecule has 0 amide bonds. The molecule has 0 radical (unpaired) electrons. The molecule has 66 valence electrons. The predicted octanol–water partition coefficient (Wildman–Crippen LogP) is 0.133. The zero-order valence-corrected chi connectivity index (χ0v) is 6.03. The van der Waals surface area contributed by atoms with E-state index in [0.29, 0.717) is 0 Å². The molecule has 0 heterocycles. The van der Waals surface area contributed by atoms with Gasteiger partial charge in [0, 0.05) is 12.6 Å². The van der Waals surface area contributed by atoms with E-state index in [-0.39, 0.29) is 20.0 Å². The smallest absolute Gasteiger partial charge is 0.372 e. The van der Waals surface area contributed by atoms with E-state index in [1.807, 2.05) is 0 Å². The number of hydrogen-bond donors (Lipinski definition) is 2. The predicted molar refractivity (Wildman–Crippen MR) is 40.1 cm³/mol. The Balaban J connectivity index is 0. The van der Waals surface area contributed by atoms with Gasteiger partial charge in [-0.05, 0) is 0 Å². The van der Waals surface area contributed by atoms with Crippen LogP contribution in [-0.4, -0.2) is 27.9 Å². The number of ketones is 1. The Bertz CT molecular complexity index is 176. The molecule has 0 aromatic carbocycles. The Morgan fingerprint density at radius 2 is 1.82 bits per heavy atom. The van der Waals surface area contributed by atoms with Crippen LogP contribution >= 0.6 is 8.03 Å². The second-order valence-electron chi connectivity index (χ2n) is 1.62. The lowest BCUT2D eigenvalue weighted by molar-refractivity contribution is -0.148. The van der Waals surface area contributed by atoms with Gasteiger partial charge in [0.1, 0.15) is 0 Å². The van der Waals surface area contributed by atoms with Crippen LogP contribution in [0.25, 0.3) is 0 Å². The number of Topliss-reactive ketones (excluding diaryl/α,β-unsaturated/α-hetero) is 1. The number of rotatable bonds is 4. The molecule has 5 nitrogen and oxygen atoms in total. The molecule has 0 fully saturated rings. The Morgan fingerprint density at radius 3 is 2.09 bits per heavy atom. The van der Waals surface area contributed by atoms with Crippen molar-refractivity contribution in [2.75, 3.05) is 6.16 Å². The fourth-order valence-electron chi connectivity index (χ4n) is 0.327. The summed E-state index contributed by atoms with van der Waals surface area (Å²) in [6.45, 7) is 0. The van der Waals surface area contributed by atoms with E-state index in [0.717, 1.165) is 0 Å². The van der Waals surface area contributed by atoms with Gasteiger partial charge in [-0.2, -0.15) is 0 Å². The van der Waals surface area contributed by atoms with Crippen molar-refractivity contribution in [3.8, 4) is 0 Å². The highest BCUT2D eigenvalue weighted by atomic mass is 31.1. The van der Waals surface area contributed by atoms with Crippen molar-refractivity contribution in [1.82, 2.24) is 0 Å². The molecule has 6 heteroatoms. The van der Waals surface area contributed by atoms with Crippen LogP contribution < -0.4 is 0 Å². The number of carboxylic acids is 1. The van der Waals surface area contributed by atoms with Gasteiger partial charge in [-0.15, -0.1) is 0 Å². The maximum Gasteiger partial charge on any atom is 0.372 e. The lowest BCUT2D eigenvalue weighted by Gasteiger charge is -1.90. The second kappa shape index (κ2) is 6.07. The lowest BCUT2D eigenvalue weighted by Crippen LogP contribution is -2.12. The monoisotopic (exact) mass is 182 g/mol. The van der Waals surface area contributed by atoms with Gasteiger partial charge in [-0.3, -0.25) is 9.36 Å². The molecular formula is C5H11O5P. The summed E-state index contributed by atoms with van der Waals surface area (Å²) in [5, 5.41) is 7.97. The Morgan fingerprint density at radius 1 is 1.36 bits per heavy atom. The summed E-state index contributed by atoms with van der Waals surface area (Å²) in [5.41, 5.74) is 0. The lowest BCUT2D eigenvalue weighted by atomic mass is 10.3. The van der Waals surface area contributed by atoms with Crippen LogP contribution in [0.15, 0.2) is 0 Å². The van der Waals surface area contributed by atoms with Gasteiger partial charge in [-0.1, -0.05) is 7.43 Å². The highest BCUT2D eigenvalue weighted by molar-refractivity contribution is 7.38. The number of carbonyl (C=O) groups is 2. The topological polar surface area (TPSA) is 91.7 Å². The van der Waals surface area contributed by atoms with Crippen molar-refractivity contribution in [3.63, 3.8) is 0 Å². The summed E-state index contributed by atoms with van der Waals surface area (Å²) < 4.78 is 9.97. The van der Waals surface area contributed by atoms with Crippen LogP contribution in [0.2, 0.25) is 0 Å². The molecule has 0 aliphatic carbocycles. The fraction of sp³-hybridized carbons (Fsp3) is 0.600. The van der Waals surface area contributed by atoms with E-state index in [9.17, 15) is 14.2 Å². The molecule has 0 aliphatic rings. The van der Waals surface area contributed by atoms with Crippen molar-refractivity contribution in [2.45, 2.75) is 13.8 Å². The fourth-order valence-corrected chi connectivity index (χ4v) is 0.768. The van der Waals surface area contributed by atoms with E-state index < -0.39 is 19.8 Å². The Labute approximate surface area is 64.9 Å². The molecule has 0 bridgehead atoms. The number of carboxylic acid groups (broad SMARTS) is 1. The molecule has 0 saturated carbocycles. The third-order valence-corrected chi connectivity index (χ3v) is 1.48. The molecule has 0 spiro atoms. The number of carbonyl (C=O) groups excluding carboxylic acids is 1. The Hall–Kier alpha value is -0.670. The van der Waals surface area contributed by atoms with Gasteiger partial charge >= 0.3 is 5.97 Å². The summed E-state index contributed by atoms with van der Waals surface area (Å²) in [6.07, 6.45) is -0.598. The largest absolute Gasteiger partial charge is 0.476 e.